The van der Waals surface area contributed by atoms with Crippen LogP contribution < -0.4 is 10.6 Å². The summed E-state index contributed by atoms with van der Waals surface area (Å²) in [4.78, 5) is 6.58. The van der Waals surface area contributed by atoms with Gasteiger partial charge in [0.1, 0.15) is 0 Å². The maximum atomic E-state index is 12.6. The van der Waals surface area contributed by atoms with Gasteiger partial charge in [0.15, 0.2) is 5.96 Å². The number of alkyl halides is 3. The third-order valence-corrected chi connectivity index (χ3v) is 6.70. The molecule has 7 nitrogen and oxygen atoms in total. The van der Waals surface area contributed by atoms with Crippen molar-refractivity contribution in [2.24, 2.45) is 4.99 Å². The maximum Gasteiger partial charge on any atom is 0.511 e. The number of nitrogens with zero attached hydrogens (tertiary/aromatic N) is 3. The molecule has 2 saturated heterocycles. The van der Waals surface area contributed by atoms with Gasteiger partial charge in [-0.25, -0.2) is 8.42 Å². The molecule has 2 N–H and O–H groups in total. The Morgan fingerprint density at radius 3 is 2.14 bits per heavy atom. The first-order valence-corrected chi connectivity index (χ1v) is 10.9. The SMILES string of the molecule is CN=C(NCCN1CCCCCC1)NC1CCN(S(=O)(=O)C(F)(F)F)CC1.I. The molecule has 0 spiro atoms. The largest absolute Gasteiger partial charge is 0.511 e. The van der Waals surface area contributed by atoms with Crippen LogP contribution in [0, 0.1) is 0 Å². The van der Waals surface area contributed by atoms with Crippen LogP contribution in [-0.2, 0) is 10.0 Å². The van der Waals surface area contributed by atoms with Crippen LogP contribution in [0.25, 0.3) is 0 Å². The van der Waals surface area contributed by atoms with Crippen molar-refractivity contribution in [3.63, 3.8) is 0 Å². The number of hydrogen-bond donors (Lipinski definition) is 2. The average Bonchev–Trinajstić information content (AvgIpc) is 2.89. The monoisotopic (exact) mass is 541 g/mol. The van der Waals surface area contributed by atoms with Gasteiger partial charge >= 0.3 is 15.5 Å². The van der Waals surface area contributed by atoms with E-state index in [1.54, 1.807) is 7.05 Å². The lowest BCUT2D eigenvalue weighted by molar-refractivity contribution is -0.0494. The van der Waals surface area contributed by atoms with E-state index in [1.807, 2.05) is 0 Å². The van der Waals surface area contributed by atoms with E-state index in [9.17, 15) is 21.6 Å². The summed E-state index contributed by atoms with van der Waals surface area (Å²) in [7, 11) is -3.59. The molecule has 0 radical (unpaired) electrons. The summed E-state index contributed by atoms with van der Waals surface area (Å²) < 4.78 is 61.3. The van der Waals surface area contributed by atoms with Gasteiger partial charge in [0.2, 0.25) is 0 Å². The summed E-state index contributed by atoms with van der Waals surface area (Å²) >= 11 is 0. The number of halogens is 4. The third-order valence-electron chi connectivity index (χ3n) is 5.07. The molecule has 0 amide bonds. The zero-order valence-corrected chi connectivity index (χ0v) is 19.3. The molecule has 0 aromatic carbocycles. The molecule has 0 aliphatic carbocycles. The first-order chi connectivity index (χ1) is 12.7. The number of aliphatic imine (C=N–C) groups is 1. The minimum atomic E-state index is -5.24. The molecule has 0 bridgehead atoms. The first-order valence-electron chi connectivity index (χ1n) is 9.50. The van der Waals surface area contributed by atoms with Gasteiger partial charge in [0.05, 0.1) is 0 Å². The van der Waals surface area contributed by atoms with E-state index in [0.717, 1.165) is 26.2 Å². The maximum absolute atomic E-state index is 12.6. The Kier molecular flexibility index (Phi) is 10.8. The molecule has 0 atom stereocenters. The van der Waals surface area contributed by atoms with Crippen molar-refractivity contribution >= 4 is 40.0 Å². The van der Waals surface area contributed by atoms with Crippen LogP contribution in [0.1, 0.15) is 38.5 Å². The van der Waals surface area contributed by atoms with Crippen LogP contribution in [0.5, 0.6) is 0 Å². The Morgan fingerprint density at radius 1 is 1.07 bits per heavy atom. The summed E-state index contributed by atoms with van der Waals surface area (Å²) in [5, 5.41) is 6.42. The highest BCUT2D eigenvalue weighted by molar-refractivity contribution is 14.0. The number of guanidine groups is 1. The zero-order chi connectivity index (χ0) is 19.9. The van der Waals surface area contributed by atoms with Gasteiger partial charge < -0.3 is 15.5 Å². The predicted molar refractivity (Wildman–Crippen MR) is 114 cm³/mol. The van der Waals surface area contributed by atoms with Crippen LogP contribution in [0.3, 0.4) is 0 Å². The highest BCUT2D eigenvalue weighted by Crippen LogP contribution is 2.28. The molecule has 0 aromatic heterocycles. The van der Waals surface area contributed by atoms with E-state index >= 15 is 0 Å². The van der Waals surface area contributed by atoms with Crippen LogP contribution in [0.15, 0.2) is 4.99 Å². The molecule has 2 aliphatic rings. The highest BCUT2D eigenvalue weighted by Gasteiger charge is 2.50. The first kappa shape index (κ1) is 25.7. The topological polar surface area (TPSA) is 77.0 Å². The van der Waals surface area contributed by atoms with E-state index < -0.39 is 15.5 Å². The molecule has 2 fully saturated rings. The van der Waals surface area contributed by atoms with Gasteiger partial charge in [0, 0.05) is 39.3 Å². The Labute approximate surface area is 182 Å². The molecule has 166 valence electrons. The summed E-state index contributed by atoms with van der Waals surface area (Å²) in [5.74, 6) is 0.599. The minimum Gasteiger partial charge on any atom is -0.355 e. The van der Waals surface area contributed by atoms with Crippen molar-refractivity contribution in [2.75, 3.05) is 46.3 Å². The summed E-state index contributed by atoms with van der Waals surface area (Å²) in [6, 6.07) is -0.103. The van der Waals surface area contributed by atoms with E-state index in [0.29, 0.717) is 23.1 Å². The Hall–Kier alpha value is -0.340. The van der Waals surface area contributed by atoms with Gasteiger partial charge in [-0.05, 0) is 38.8 Å². The number of piperidine rings is 1. The van der Waals surface area contributed by atoms with E-state index in [-0.39, 0.29) is 43.1 Å². The Balaban J connectivity index is 0.00000392. The molecule has 0 unspecified atom stereocenters. The van der Waals surface area contributed by atoms with E-state index in [2.05, 4.69) is 20.5 Å². The van der Waals surface area contributed by atoms with Crippen LogP contribution in [0.4, 0.5) is 13.2 Å². The molecular formula is C16H31F3IN5O2S. The lowest BCUT2D eigenvalue weighted by Crippen LogP contribution is -2.52. The zero-order valence-electron chi connectivity index (χ0n) is 16.2. The normalized spacial score (nSPS) is 21.6. The second kappa shape index (κ2) is 11.7. The molecule has 2 aliphatic heterocycles. The van der Waals surface area contributed by atoms with Crippen molar-refractivity contribution in [2.45, 2.75) is 50.1 Å². The van der Waals surface area contributed by atoms with Crippen molar-refractivity contribution in [3.8, 4) is 0 Å². The average molecular weight is 541 g/mol. The molecule has 0 aromatic rings. The third kappa shape index (κ3) is 7.48. The van der Waals surface area contributed by atoms with E-state index in [4.69, 9.17) is 0 Å². The molecule has 2 rings (SSSR count). The molecule has 0 saturated carbocycles. The van der Waals surface area contributed by atoms with Gasteiger partial charge in [-0.2, -0.15) is 17.5 Å². The number of nitrogens with one attached hydrogen (secondary N) is 2. The summed E-state index contributed by atoms with van der Waals surface area (Å²) in [6.07, 6.45) is 5.65. The van der Waals surface area contributed by atoms with Crippen molar-refractivity contribution in [3.05, 3.63) is 0 Å². The second-order valence-corrected chi connectivity index (χ2v) is 8.95. The standard InChI is InChI=1S/C16H30F3N5O2S.HI/c1-20-15(21-8-13-23-9-4-2-3-5-10-23)22-14-6-11-24(12-7-14)27(25,26)16(17,18)19;/h14H,2-13H2,1H3,(H2,20,21,22);1H. The van der Waals surface area contributed by atoms with Crippen LogP contribution >= 0.6 is 24.0 Å². The lowest BCUT2D eigenvalue weighted by Gasteiger charge is -2.32. The van der Waals surface area contributed by atoms with Crippen LogP contribution in [-0.4, -0.2) is 81.4 Å². The van der Waals surface area contributed by atoms with E-state index in [1.165, 1.54) is 25.7 Å². The van der Waals surface area contributed by atoms with Crippen molar-refractivity contribution in [1.82, 2.24) is 19.8 Å². The minimum absolute atomic E-state index is 0. The molecular weight excluding hydrogens is 510 g/mol. The fraction of sp³-hybridized carbons (Fsp3) is 0.938. The fourth-order valence-corrected chi connectivity index (χ4v) is 4.45. The number of hydrogen-bond acceptors (Lipinski definition) is 4. The summed E-state index contributed by atoms with van der Waals surface area (Å²) in [5.41, 5.74) is -5.24. The molecule has 28 heavy (non-hydrogen) atoms. The Bertz CT molecular complexity index is 588. The van der Waals surface area contributed by atoms with Gasteiger partial charge in [-0.3, -0.25) is 4.99 Å². The van der Waals surface area contributed by atoms with Crippen molar-refractivity contribution in [1.29, 1.82) is 0 Å². The van der Waals surface area contributed by atoms with Gasteiger partial charge in [-0.1, -0.05) is 12.8 Å². The van der Waals surface area contributed by atoms with Crippen molar-refractivity contribution < 1.29 is 21.6 Å². The smallest absolute Gasteiger partial charge is 0.355 e. The number of likely N-dealkylation sites (tertiary alicyclic amines) is 1. The van der Waals surface area contributed by atoms with Gasteiger partial charge in [0.25, 0.3) is 0 Å². The van der Waals surface area contributed by atoms with Gasteiger partial charge in [-0.15, -0.1) is 24.0 Å². The van der Waals surface area contributed by atoms with Crippen LogP contribution in [0.2, 0.25) is 0 Å². The fourth-order valence-electron chi connectivity index (χ4n) is 3.47. The second-order valence-electron chi connectivity index (χ2n) is 7.02. The Morgan fingerprint density at radius 2 is 1.64 bits per heavy atom. The number of sulfonamides is 1. The lowest BCUT2D eigenvalue weighted by atomic mass is 10.1. The molecule has 12 heteroatoms. The predicted octanol–water partition coefficient (Wildman–Crippen LogP) is 1.96. The quantitative estimate of drug-likeness (QED) is 0.316. The highest BCUT2D eigenvalue weighted by atomic mass is 127. The number of rotatable bonds is 5. The molecule has 2 heterocycles. The summed E-state index contributed by atoms with van der Waals surface area (Å²) in [6.45, 7) is 3.58.